The third kappa shape index (κ3) is 3.89. The zero-order chi connectivity index (χ0) is 14.6. The van der Waals surface area contributed by atoms with Crippen LogP contribution in [0.25, 0.3) is 0 Å². The molecule has 0 fully saturated rings. The standard InChI is InChI=1S/C12H13BrF5N/c1-2-5-19-10(12(17,18)11(15)16)7-3-4-9(14)8(13)6-7/h3-4,6,10-11,19H,2,5H2,1H3. The molecule has 19 heavy (non-hydrogen) atoms. The lowest BCUT2D eigenvalue weighted by Gasteiger charge is -2.27. The van der Waals surface area contributed by atoms with E-state index in [0.717, 1.165) is 18.2 Å². The Bertz CT molecular complexity index is 425. The van der Waals surface area contributed by atoms with E-state index >= 15 is 0 Å². The van der Waals surface area contributed by atoms with E-state index in [4.69, 9.17) is 0 Å². The van der Waals surface area contributed by atoms with Crippen molar-refractivity contribution in [3.8, 4) is 0 Å². The Balaban J connectivity index is 3.12. The van der Waals surface area contributed by atoms with Gasteiger partial charge in [-0.3, -0.25) is 0 Å². The van der Waals surface area contributed by atoms with Gasteiger partial charge in [-0.2, -0.15) is 8.78 Å². The Morgan fingerprint density at radius 1 is 1.32 bits per heavy atom. The molecule has 1 atom stereocenters. The van der Waals surface area contributed by atoms with Gasteiger partial charge in [0.1, 0.15) is 11.9 Å². The van der Waals surface area contributed by atoms with Gasteiger partial charge in [0.15, 0.2) is 0 Å². The lowest BCUT2D eigenvalue weighted by atomic mass is 10.0. The Morgan fingerprint density at radius 3 is 2.42 bits per heavy atom. The Morgan fingerprint density at radius 2 is 1.95 bits per heavy atom. The summed E-state index contributed by atoms with van der Waals surface area (Å²) >= 11 is 2.85. The number of hydrogen-bond acceptors (Lipinski definition) is 1. The van der Waals surface area contributed by atoms with Gasteiger partial charge in [-0.15, -0.1) is 0 Å². The summed E-state index contributed by atoms with van der Waals surface area (Å²) in [6.07, 6.45) is -3.29. The second-order valence-corrected chi connectivity index (χ2v) is 4.89. The molecule has 1 unspecified atom stereocenters. The minimum atomic E-state index is -4.23. The molecule has 1 aromatic carbocycles. The molecule has 1 N–H and O–H groups in total. The van der Waals surface area contributed by atoms with Crippen molar-refractivity contribution in [2.45, 2.75) is 31.7 Å². The lowest BCUT2D eigenvalue weighted by molar-refractivity contribution is -0.151. The fraction of sp³-hybridized carbons (Fsp3) is 0.500. The van der Waals surface area contributed by atoms with Crippen molar-refractivity contribution in [3.05, 3.63) is 34.1 Å². The number of rotatable bonds is 6. The summed E-state index contributed by atoms with van der Waals surface area (Å²) in [7, 11) is 0. The maximum absolute atomic E-state index is 13.5. The topological polar surface area (TPSA) is 12.0 Å². The molecule has 0 saturated carbocycles. The number of alkyl halides is 4. The smallest absolute Gasteiger partial charge is 0.305 e. The molecule has 1 nitrogen and oxygen atoms in total. The first kappa shape index (κ1) is 16.4. The van der Waals surface area contributed by atoms with E-state index in [1.54, 1.807) is 6.92 Å². The van der Waals surface area contributed by atoms with Crippen LogP contribution < -0.4 is 5.32 Å². The van der Waals surface area contributed by atoms with Crippen molar-refractivity contribution in [1.29, 1.82) is 0 Å². The second-order valence-electron chi connectivity index (χ2n) is 4.04. The predicted octanol–water partition coefficient (Wildman–Crippen LogP) is 4.53. The van der Waals surface area contributed by atoms with Crippen LogP contribution in [0.4, 0.5) is 22.0 Å². The molecule has 0 spiro atoms. The summed E-state index contributed by atoms with van der Waals surface area (Å²) in [6.45, 7) is 1.88. The van der Waals surface area contributed by atoms with Crippen LogP contribution >= 0.6 is 15.9 Å². The predicted molar refractivity (Wildman–Crippen MR) is 66.1 cm³/mol. The van der Waals surface area contributed by atoms with E-state index in [1.807, 2.05) is 0 Å². The summed E-state index contributed by atoms with van der Waals surface area (Å²) < 4.78 is 65.0. The average molecular weight is 346 g/mol. The maximum atomic E-state index is 13.5. The van der Waals surface area contributed by atoms with Crippen molar-refractivity contribution < 1.29 is 22.0 Å². The van der Waals surface area contributed by atoms with Gasteiger partial charge < -0.3 is 5.32 Å². The third-order valence-corrected chi connectivity index (χ3v) is 3.16. The van der Waals surface area contributed by atoms with Crippen LogP contribution in [0.3, 0.4) is 0 Å². The van der Waals surface area contributed by atoms with Gasteiger partial charge >= 0.3 is 12.3 Å². The van der Waals surface area contributed by atoms with E-state index in [0.29, 0.717) is 6.42 Å². The van der Waals surface area contributed by atoms with Crippen LogP contribution in [0.1, 0.15) is 24.9 Å². The van der Waals surface area contributed by atoms with Crippen molar-refractivity contribution in [2.24, 2.45) is 0 Å². The summed E-state index contributed by atoms with van der Waals surface area (Å²) in [5.41, 5.74) is -0.0907. The molecule has 0 aromatic heterocycles. The van der Waals surface area contributed by atoms with Crippen LogP contribution in [0, 0.1) is 5.82 Å². The summed E-state index contributed by atoms with van der Waals surface area (Å²) in [5.74, 6) is -4.87. The normalized spacial score (nSPS) is 13.9. The van der Waals surface area contributed by atoms with Gasteiger partial charge in [-0.1, -0.05) is 13.0 Å². The zero-order valence-electron chi connectivity index (χ0n) is 10.1. The van der Waals surface area contributed by atoms with Gasteiger partial charge in [-0.25, -0.2) is 13.2 Å². The van der Waals surface area contributed by atoms with Crippen LogP contribution in [0.5, 0.6) is 0 Å². The molecule has 7 heteroatoms. The molecule has 1 rings (SSSR count). The monoisotopic (exact) mass is 345 g/mol. The molecule has 0 bridgehead atoms. The van der Waals surface area contributed by atoms with E-state index in [2.05, 4.69) is 21.2 Å². The lowest BCUT2D eigenvalue weighted by Crippen LogP contribution is -2.42. The molecule has 0 radical (unpaired) electrons. The highest BCUT2D eigenvalue weighted by Crippen LogP contribution is 2.37. The van der Waals surface area contributed by atoms with Crippen molar-refractivity contribution in [2.75, 3.05) is 6.54 Å². The first-order valence-electron chi connectivity index (χ1n) is 5.65. The molecule has 0 aliphatic heterocycles. The highest BCUT2D eigenvalue weighted by Gasteiger charge is 2.49. The second kappa shape index (κ2) is 6.65. The molecular formula is C12H13BrF5N. The van der Waals surface area contributed by atoms with E-state index in [1.165, 1.54) is 0 Å². The highest BCUT2D eigenvalue weighted by atomic mass is 79.9. The van der Waals surface area contributed by atoms with Crippen molar-refractivity contribution in [1.82, 2.24) is 5.32 Å². The van der Waals surface area contributed by atoms with E-state index in [9.17, 15) is 22.0 Å². The third-order valence-electron chi connectivity index (χ3n) is 2.55. The van der Waals surface area contributed by atoms with Gasteiger partial charge in [0.05, 0.1) is 4.47 Å². The van der Waals surface area contributed by atoms with Crippen molar-refractivity contribution in [3.63, 3.8) is 0 Å². The van der Waals surface area contributed by atoms with Gasteiger partial charge in [-0.05, 0) is 46.6 Å². The van der Waals surface area contributed by atoms with E-state index < -0.39 is 24.2 Å². The van der Waals surface area contributed by atoms with Gasteiger partial charge in [0, 0.05) is 0 Å². The zero-order valence-corrected chi connectivity index (χ0v) is 11.7. The van der Waals surface area contributed by atoms with E-state index in [-0.39, 0.29) is 16.6 Å². The Labute approximate surface area is 116 Å². The summed E-state index contributed by atoms with van der Waals surface area (Å²) in [5, 5.41) is 2.38. The molecule has 108 valence electrons. The number of halogens is 6. The molecule has 1 aromatic rings. The summed E-state index contributed by atoms with van der Waals surface area (Å²) in [6, 6.07) is 1.26. The molecule has 0 heterocycles. The fourth-order valence-electron chi connectivity index (χ4n) is 1.58. The highest BCUT2D eigenvalue weighted by molar-refractivity contribution is 9.10. The Hall–Kier alpha value is -0.690. The van der Waals surface area contributed by atoms with Crippen LogP contribution in [0.15, 0.2) is 22.7 Å². The van der Waals surface area contributed by atoms with Crippen LogP contribution in [-0.2, 0) is 0 Å². The molecule has 0 amide bonds. The first-order chi connectivity index (χ1) is 8.80. The van der Waals surface area contributed by atoms with Crippen molar-refractivity contribution >= 4 is 15.9 Å². The Kier molecular flexibility index (Phi) is 5.73. The minimum Gasteiger partial charge on any atom is -0.305 e. The number of benzene rings is 1. The molecule has 0 aliphatic carbocycles. The average Bonchev–Trinajstić information content (AvgIpc) is 2.33. The number of hydrogen-bond donors (Lipinski definition) is 1. The molecular weight excluding hydrogens is 333 g/mol. The molecule has 0 aliphatic rings. The van der Waals surface area contributed by atoms with Gasteiger partial charge in [0.25, 0.3) is 0 Å². The maximum Gasteiger partial charge on any atom is 0.326 e. The number of nitrogens with one attached hydrogen (secondary N) is 1. The fourth-order valence-corrected chi connectivity index (χ4v) is 1.98. The summed E-state index contributed by atoms with van der Waals surface area (Å²) in [4.78, 5) is 0. The molecule has 0 saturated heterocycles. The largest absolute Gasteiger partial charge is 0.326 e. The van der Waals surface area contributed by atoms with Crippen LogP contribution in [-0.4, -0.2) is 18.9 Å². The SMILES string of the molecule is CCCNC(c1ccc(F)c(Br)c1)C(F)(F)C(F)F. The van der Waals surface area contributed by atoms with Gasteiger partial charge in [0.2, 0.25) is 0 Å². The van der Waals surface area contributed by atoms with Crippen LogP contribution in [0.2, 0.25) is 0 Å². The minimum absolute atomic E-state index is 0.0432. The first-order valence-corrected chi connectivity index (χ1v) is 6.44. The quantitative estimate of drug-likeness (QED) is 0.747.